The van der Waals surface area contributed by atoms with Crippen LogP contribution in [0.4, 0.5) is 0 Å². The van der Waals surface area contributed by atoms with Gasteiger partial charge in [-0.15, -0.1) is 0 Å². The van der Waals surface area contributed by atoms with Crippen molar-refractivity contribution >= 4 is 23.7 Å². The van der Waals surface area contributed by atoms with E-state index in [1.54, 1.807) is 0 Å². The summed E-state index contributed by atoms with van der Waals surface area (Å²) in [6, 6.07) is 0. The Morgan fingerprint density at radius 3 is 2.34 bits per heavy atom. The third-order valence-electron chi connectivity index (χ3n) is 10.1. The molecule has 11 atom stereocenters. The molecule has 1 aliphatic heterocycles. The minimum absolute atomic E-state index is 0.0120. The molecular weight excluding hydrogens is 408 g/mol. The molecule has 11 unspecified atom stereocenters. The molecule has 176 valence electrons. The van der Waals surface area contributed by atoms with Crippen LogP contribution in [0.15, 0.2) is 0 Å². The van der Waals surface area contributed by atoms with Crippen molar-refractivity contribution in [2.75, 3.05) is 0 Å². The van der Waals surface area contributed by atoms with Crippen molar-refractivity contribution in [1.82, 2.24) is 0 Å². The van der Waals surface area contributed by atoms with Crippen LogP contribution >= 0.6 is 0 Å². The molecule has 4 aliphatic carbocycles. The molecule has 5 rings (SSSR count). The first-order valence-corrected chi connectivity index (χ1v) is 12.3. The van der Waals surface area contributed by atoms with Gasteiger partial charge in [-0.25, -0.2) is 0 Å². The van der Waals surface area contributed by atoms with E-state index in [2.05, 4.69) is 13.8 Å². The lowest BCUT2D eigenvalue weighted by atomic mass is 9.55. The van der Waals surface area contributed by atoms with E-state index in [1.807, 2.05) is 20.8 Å². The van der Waals surface area contributed by atoms with Crippen molar-refractivity contribution in [3.8, 4) is 0 Å². The lowest BCUT2D eigenvalue weighted by Crippen LogP contribution is -2.49. The van der Waals surface area contributed by atoms with Gasteiger partial charge in [0.05, 0.1) is 17.3 Å². The molecule has 4 saturated carbocycles. The van der Waals surface area contributed by atoms with Crippen molar-refractivity contribution < 1.29 is 28.7 Å². The van der Waals surface area contributed by atoms with Crippen LogP contribution in [-0.2, 0) is 28.7 Å². The average molecular weight is 445 g/mol. The molecule has 0 aromatic rings. The zero-order valence-electron chi connectivity index (χ0n) is 20.1. The maximum absolute atomic E-state index is 13.4. The predicted molar refractivity (Wildman–Crippen MR) is 115 cm³/mol. The molecular formula is C26H36O6. The molecule has 1 heterocycles. The van der Waals surface area contributed by atoms with Gasteiger partial charge in [0.25, 0.3) is 0 Å². The highest BCUT2D eigenvalue weighted by molar-refractivity contribution is 5.96. The number of cyclic esters (lactones) is 2. The van der Waals surface area contributed by atoms with Gasteiger partial charge >= 0.3 is 17.9 Å². The largest absolute Gasteiger partial charge is 0.459 e. The highest BCUT2D eigenvalue weighted by atomic mass is 16.6. The highest BCUT2D eigenvalue weighted by Gasteiger charge is 2.72. The first kappa shape index (κ1) is 22.1. The molecule has 4 bridgehead atoms. The summed E-state index contributed by atoms with van der Waals surface area (Å²) in [5, 5.41) is 0. The van der Waals surface area contributed by atoms with Crippen LogP contribution in [0, 0.1) is 64.6 Å². The Morgan fingerprint density at radius 2 is 1.75 bits per heavy atom. The van der Waals surface area contributed by atoms with Crippen LogP contribution in [0.1, 0.15) is 67.2 Å². The molecule has 6 heteroatoms. The summed E-state index contributed by atoms with van der Waals surface area (Å²) in [4.78, 5) is 49.8. The van der Waals surface area contributed by atoms with Gasteiger partial charge < -0.3 is 9.47 Å². The summed E-state index contributed by atoms with van der Waals surface area (Å²) in [6.07, 6.45) is 3.22. The normalized spacial score (nSPS) is 48.8. The molecule has 5 fully saturated rings. The Balaban J connectivity index is 1.40. The number of ketones is 1. The Hall–Kier alpha value is -1.72. The van der Waals surface area contributed by atoms with Crippen LogP contribution in [0.5, 0.6) is 0 Å². The lowest BCUT2D eigenvalue weighted by molar-refractivity contribution is -0.176. The van der Waals surface area contributed by atoms with Gasteiger partial charge in [-0.05, 0) is 94.3 Å². The second kappa shape index (κ2) is 6.89. The Labute approximate surface area is 190 Å². The van der Waals surface area contributed by atoms with E-state index in [0.717, 1.165) is 19.3 Å². The Bertz CT molecular complexity index is 891. The number of carbonyl (C=O) groups is 4. The number of Topliss-reactive ketones (excluding diaryl/α,β-unsaturated/α-hetero) is 1. The summed E-state index contributed by atoms with van der Waals surface area (Å²) < 4.78 is 10.9. The molecule has 6 nitrogen and oxygen atoms in total. The Morgan fingerprint density at radius 1 is 1.06 bits per heavy atom. The molecule has 1 saturated heterocycles. The highest BCUT2D eigenvalue weighted by Crippen LogP contribution is 2.75. The maximum Gasteiger partial charge on any atom is 0.317 e. The third kappa shape index (κ3) is 2.89. The predicted octanol–water partition coefficient (Wildman–Crippen LogP) is 3.80. The summed E-state index contributed by atoms with van der Waals surface area (Å²) in [6.45, 7) is 11.3. The number of fused-ring (bicyclic) bond motifs is 9. The fourth-order valence-corrected chi connectivity index (χ4v) is 9.26. The second-order valence-electron chi connectivity index (χ2n) is 12.5. The van der Waals surface area contributed by atoms with Crippen molar-refractivity contribution in [2.45, 2.75) is 72.8 Å². The fourth-order valence-electron chi connectivity index (χ4n) is 9.26. The van der Waals surface area contributed by atoms with Crippen LogP contribution in [0.3, 0.4) is 0 Å². The summed E-state index contributed by atoms with van der Waals surface area (Å²) in [7, 11) is 0. The zero-order valence-corrected chi connectivity index (χ0v) is 20.1. The van der Waals surface area contributed by atoms with E-state index in [1.165, 1.54) is 6.92 Å². The number of esters is 3. The standard InChI is InChI=1S/C26H36O6/c1-11(27)9-25(4,5)32-24(30)26(6)10-14-7-17(26)21-16-8-15(20(14)21)12(2)18(16)19-13(3)22(28)31-23(19)29/h12-21H,7-10H2,1-6H3. The van der Waals surface area contributed by atoms with E-state index >= 15 is 0 Å². The molecule has 0 radical (unpaired) electrons. The first-order chi connectivity index (χ1) is 14.9. The minimum Gasteiger partial charge on any atom is -0.459 e. The molecule has 5 aliphatic rings. The molecule has 0 N–H and O–H groups in total. The van der Waals surface area contributed by atoms with E-state index in [4.69, 9.17) is 9.47 Å². The number of hydrogen-bond acceptors (Lipinski definition) is 6. The second-order valence-corrected chi connectivity index (χ2v) is 12.5. The van der Waals surface area contributed by atoms with Gasteiger partial charge in [0.1, 0.15) is 11.4 Å². The molecule has 32 heavy (non-hydrogen) atoms. The van der Waals surface area contributed by atoms with Crippen molar-refractivity contribution in [3.63, 3.8) is 0 Å². The van der Waals surface area contributed by atoms with E-state index in [0.29, 0.717) is 35.5 Å². The number of hydrogen-bond donors (Lipinski definition) is 0. The summed E-state index contributed by atoms with van der Waals surface area (Å²) in [5.41, 5.74) is -1.35. The smallest absolute Gasteiger partial charge is 0.317 e. The number of carbonyl (C=O) groups excluding carboxylic acids is 4. The Kier molecular flexibility index (Phi) is 4.76. The van der Waals surface area contributed by atoms with Crippen LogP contribution in [0.2, 0.25) is 0 Å². The maximum atomic E-state index is 13.4. The van der Waals surface area contributed by atoms with Gasteiger partial charge in [-0.3, -0.25) is 19.2 Å². The minimum atomic E-state index is -0.803. The van der Waals surface area contributed by atoms with E-state index < -0.39 is 11.0 Å². The summed E-state index contributed by atoms with van der Waals surface area (Å²) >= 11 is 0. The van der Waals surface area contributed by atoms with Gasteiger partial charge in [0.2, 0.25) is 0 Å². The van der Waals surface area contributed by atoms with Crippen LogP contribution in [-0.4, -0.2) is 29.3 Å². The SMILES string of the molecule is CC(=O)CC(C)(C)OC(=O)C1(C)CC2CC1C1C3CC(C(C)C3C3C(=O)OC(=O)C3C)C21. The van der Waals surface area contributed by atoms with E-state index in [-0.39, 0.29) is 53.8 Å². The van der Waals surface area contributed by atoms with Gasteiger partial charge in [-0.2, -0.15) is 0 Å². The lowest BCUT2D eigenvalue weighted by Gasteiger charge is -2.48. The summed E-state index contributed by atoms with van der Waals surface area (Å²) in [5.74, 6) is 1.64. The molecule has 0 aromatic carbocycles. The van der Waals surface area contributed by atoms with Crippen LogP contribution in [0.25, 0.3) is 0 Å². The van der Waals surface area contributed by atoms with Gasteiger partial charge in [-0.1, -0.05) is 13.8 Å². The average Bonchev–Trinajstić information content (AvgIpc) is 3.41. The van der Waals surface area contributed by atoms with Crippen molar-refractivity contribution in [2.24, 2.45) is 64.6 Å². The molecule has 0 spiro atoms. The molecule has 0 amide bonds. The zero-order chi connectivity index (χ0) is 23.3. The van der Waals surface area contributed by atoms with Gasteiger partial charge in [0.15, 0.2) is 0 Å². The monoisotopic (exact) mass is 444 g/mol. The molecule has 0 aromatic heterocycles. The first-order valence-electron chi connectivity index (χ1n) is 12.3. The van der Waals surface area contributed by atoms with E-state index in [9.17, 15) is 19.2 Å². The van der Waals surface area contributed by atoms with Crippen LogP contribution < -0.4 is 0 Å². The topological polar surface area (TPSA) is 86.7 Å². The van der Waals surface area contributed by atoms with Crippen molar-refractivity contribution in [1.29, 1.82) is 0 Å². The number of ether oxygens (including phenoxy) is 2. The number of rotatable bonds is 5. The van der Waals surface area contributed by atoms with Crippen molar-refractivity contribution in [3.05, 3.63) is 0 Å². The third-order valence-corrected chi connectivity index (χ3v) is 10.1. The van der Waals surface area contributed by atoms with Gasteiger partial charge in [0, 0.05) is 6.42 Å². The fraction of sp³-hybridized carbons (Fsp3) is 0.846. The quantitative estimate of drug-likeness (QED) is 0.364.